The van der Waals surface area contributed by atoms with E-state index in [2.05, 4.69) is 43.0 Å². The molecule has 2 aliphatic heterocycles. The summed E-state index contributed by atoms with van der Waals surface area (Å²) in [5, 5.41) is 0. The van der Waals surface area contributed by atoms with Crippen molar-refractivity contribution in [3.63, 3.8) is 0 Å². The summed E-state index contributed by atoms with van der Waals surface area (Å²) in [5.41, 5.74) is 2.84. The van der Waals surface area contributed by atoms with Gasteiger partial charge >= 0.3 is 0 Å². The maximum atomic E-state index is 12.8. The molecular formula is C21H33N2O+. The van der Waals surface area contributed by atoms with Crippen LogP contribution in [0.5, 0.6) is 0 Å². The highest BCUT2D eigenvalue weighted by Crippen LogP contribution is 2.20. The molecular weight excluding hydrogens is 296 g/mol. The Hall–Kier alpha value is -1.35. The lowest BCUT2D eigenvalue weighted by molar-refractivity contribution is -0.919. The van der Waals surface area contributed by atoms with Crippen LogP contribution in [0.1, 0.15) is 50.7 Å². The van der Waals surface area contributed by atoms with Gasteiger partial charge in [-0.2, -0.15) is 0 Å². The number of quaternary nitrogens is 1. The minimum atomic E-state index is 0.279. The van der Waals surface area contributed by atoms with E-state index in [-0.39, 0.29) is 5.92 Å². The van der Waals surface area contributed by atoms with Crippen molar-refractivity contribution in [2.24, 2.45) is 11.8 Å². The fraction of sp³-hybridized carbons (Fsp3) is 0.667. The lowest BCUT2D eigenvalue weighted by Gasteiger charge is -2.36. The molecule has 132 valence electrons. The van der Waals surface area contributed by atoms with Gasteiger partial charge in [-0.05, 0) is 30.7 Å². The van der Waals surface area contributed by atoms with Crippen LogP contribution in [0, 0.1) is 11.8 Å². The van der Waals surface area contributed by atoms with Crippen LogP contribution >= 0.6 is 0 Å². The number of likely N-dealkylation sites (tertiary alicyclic amines) is 2. The fourth-order valence-corrected chi connectivity index (χ4v) is 4.28. The minimum absolute atomic E-state index is 0.279. The molecule has 2 aliphatic rings. The highest BCUT2D eigenvalue weighted by atomic mass is 16.2. The third-order valence-electron chi connectivity index (χ3n) is 5.90. The molecule has 1 N–H and O–H groups in total. The summed E-state index contributed by atoms with van der Waals surface area (Å²) < 4.78 is 0. The number of carbonyl (C=O) groups excluding carboxylic acids is 1. The van der Waals surface area contributed by atoms with Crippen LogP contribution in [0.3, 0.4) is 0 Å². The number of benzene rings is 1. The number of aryl methyl sites for hydroxylation is 1. The van der Waals surface area contributed by atoms with Crippen LogP contribution in [0.15, 0.2) is 24.3 Å². The molecule has 0 aliphatic carbocycles. The van der Waals surface area contributed by atoms with E-state index in [4.69, 9.17) is 0 Å². The van der Waals surface area contributed by atoms with Gasteiger partial charge in [0, 0.05) is 37.4 Å². The molecule has 2 heterocycles. The Balaban J connectivity index is 1.47. The van der Waals surface area contributed by atoms with E-state index in [1.165, 1.54) is 24.0 Å². The molecule has 2 saturated heterocycles. The summed E-state index contributed by atoms with van der Waals surface area (Å²) >= 11 is 0. The average molecular weight is 330 g/mol. The van der Waals surface area contributed by atoms with Crippen LogP contribution in [-0.2, 0) is 17.8 Å². The molecule has 0 radical (unpaired) electrons. The quantitative estimate of drug-likeness (QED) is 0.901. The van der Waals surface area contributed by atoms with Gasteiger partial charge in [-0.15, -0.1) is 0 Å². The van der Waals surface area contributed by atoms with Crippen LogP contribution in [0.2, 0.25) is 0 Å². The van der Waals surface area contributed by atoms with Crippen LogP contribution in [-0.4, -0.2) is 37.0 Å². The molecule has 0 unspecified atom stereocenters. The van der Waals surface area contributed by atoms with Gasteiger partial charge in [-0.25, -0.2) is 0 Å². The van der Waals surface area contributed by atoms with E-state index in [9.17, 15) is 4.79 Å². The predicted octanol–water partition coefficient (Wildman–Crippen LogP) is 2.30. The maximum Gasteiger partial charge on any atom is 0.226 e. The number of hydrogen-bond acceptors (Lipinski definition) is 1. The molecule has 3 rings (SSSR count). The molecule has 1 amide bonds. The second-order valence-electron chi connectivity index (χ2n) is 7.90. The fourth-order valence-electron chi connectivity index (χ4n) is 4.28. The largest absolute Gasteiger partial charge is 0.342 e. The van der Waals surface area contributed by atoms with Crippen molar-refractivity contribution in [2.75, 3.05) is 26.2 Å². The summed E-state index contributed by atoms with van der Waals surface area (Å²) in [6, 6.07) is 9.06. The first-order valence-corrected chi connectivity index (χ1v) is 9.86. The molecule has 1 aromatic rings. The molecule has 3 nitrogen and oxygen atoms in total. The van der Waals surface area contributed by atoms with Crippen molar-refractivity contribution >= 4 is 5.91 Å². The highest BCUT2D eigenvalue weighted by Gasteiger charge is 2.32. The molecule has 2 fully saturated rings. The number of rotatable bonds is 4. The highest BCUT2D eigenvalue weighted by molar-refractivity contribution is 5.79. The van der Waals surface area contributed by atoms with Gasteiger partial charge in [-0.3, -0.25) is 4.79 Å². The van der Waals surface area contributed by atoms with Gasteiger partial charge < -0.3 is 9.80 Å². The van der Waals surface area contributed by atoms with Gasteiger partial charge in [0.15, 0.2) is 0 Å². The summed E-state index contributed by atoms with van der Waals surface area (Å²) in [7, 11) is 0. The Bertz CT molecular complexity index is 531. The SMILES string of the molecule is CCc1ccc(C[NH+]2CCC(C(=O)N3CCC[C@H](C)C3)CC2)cc1. The Morgan fingerprint density at radius 3 is 2.42 bits per heavy atom. The summed E-state index contributed by atoms with van der Waals surface area (Å²) in [6.07, 6.45) is 5.70. The summed E-state index contributed by atoms with van der Waals surface area (Å²) in [6.45, 7) is 9.81. The van der Waals surface area contributed by atoms with Gasteiger partial charge in [0.1, 0.15) is 6.54 Å². The Labute approximate surface area is 147 Å². The van der Waals surface area contributed by atoms with Crippen molar-refractivity contribution in [1.29, 1.82) is 0 Å². The van der Waals surface area contributed by atoms with Gasteiger partial charge in [0.25, 0.3) is 0 Å². The Morgan fingerprint density at radius 1 is 1.12 bits per heavy atom. The molecule has 0 spiro atoms. The third-order valence-corrected chi connectivity index (χ3v) is 5.90. The molecule has 1 atom stereocenters. The van der Waals surface area contributed by atoms with Crippen molar-refractivity contribution in [3.05, 3.63) is 35.4 Å². The van der Waals surface area contributed by atoms with Gasteiger partial charge in [-0.1, -0.05) is 38.1 Å². The number of nitrogens with zero attached hydrogens (tertiary/aromatic N) is 1. The van der Waals surface area contributed by atoms with E-state index in [0.29, 0.717) is 11.8 Å². The number of hydrogen-bond donors (Lipinski definition) is 1. The zero-order chi connectivity index (χ0) is 16.9. The Kier molecular flexibility index (Phi) is 5.94. The topological polar surface area (TPSA) is 24.8 Å². The molecule has 0 bridgehead atoms. The Morgan fingerprint density at radius 2 is 1.79 bits per heavy atom. The van der Waals surface area contributed by atoms with Crippen molar-refractivity contribution in [3.8, 4) is 0 Å². The predicted molar refractivity (Wildman–Crippen MR) is 97.9 cm³/mol. The minimum Gasteiger partial charge on any atom is -0.342 e. The van der Waals surface area contributed by atoms with Crippen LogP contribution in [0.25, 0.3) is 0 Å². The normalized spacial score (nSPS) is 27.9. The monoisotopic (exact) mass is 329 g/mol. The van der Waals surface area contributed by atoms with E-state index in [1.54, 1.807) is 4.90 Å². The van der Waals surface area contributed by atoms with Crippen LogP contribution in [0.4, 0.5) is 0 Å². The first kappa shape index (κ1) is 17.5. The number of amides is 1. The number of carbonyl (C=O) groups is 1. The van der Waals surface area contributed by atoms with E-state index in [1.807, 2.05) is 0 Å². The average Bonchev–Trinajstić information content (AvgIpc) is 2.62. The lowest BCUT2D eigenvalue weighted by atomic mass is 9.92. The first-order valence-electron chi connectivity index (χ1n) is 9.86. The molecule has 24 heavy (non-hydrogen) atoms. The first-order chi connectivity index (χ1) is 11.7. The van der Waals surface area contributed by atoms with Gasteiger partial charge in [0.2, 0.25) is 5.91 Å². The van der Waals surface area contributed by atoms with E-state index in [0.717, 1.165) is 52.0 Å². The summed E-state index contributed by atoms with van der Waals surface area (Å²) in [4.78, 5) is 16.5. The number of nitrogens with one attached hydrogen (secondary N) is 1. The third kappa shape index (κ3) is 4.38. The molecule has 3 heteroatoms. The number of piperidine rings is 2. The maximum absolute atomic E-state index is 12.8. The standard InChI is InChI=1S/C21H32N2O/c1-3-18-6-8-19(9-7-18)16-22-13-10-20(11-14-22)21(24)23-12-4-5-17(2)15-23/h6-9,17,20H,3-5,10-16H2,1-2H3/p+1/t17-/m0/s1. The second-order valence-corrected chi connectivity index (χ2v) is 7.90. The van der Waals surface area contributed by atoms with Crippen LogP contribution < -0.4 is 4.90 Å². The van der Waals surface area contributed by atoms with Crippen molar-refractivity contribution in [1.82, 2.24) is 4.90 Å². The van der Waals surface area contributed by atoms with Crippen molar-refractivity contribution < 1.29 is 9.69 Å². The summed E-state index contributed by atoms with van der Waals surface area (Å²) in [5.74, 6) is 1.40. The zero-order valence-electron chi connectivity index (χ0n) is 15.4. The lowest BCUT2D eigenvalue weighted by Crippen LogP contribution is -3.11. The van der Waals surface area contributed by atoms with Crippen molar-refractivity contribution in [2.45, 2.75) is 52.5 Å². The molecule has 1 aromatic carbocycles. The van der Waals surface area contributed by atoms with Gasteiger partial charge in [0.05, 0.1) is 13.1 Å². The second kappa shape index (κ2) is 8.15. The molecule has 0 saturated carbocycles. The smallest absolute Gasteiger partial charge is 0.226 e. The zero-order valence-corrected chi connectivity index (χ0v) is 15.4. The van der Waals surface area contributed by atoms with E-state index < -0.39 is 0 Å². The van der Waals surface area contributed by atoms with E-state index >= 15 is 0 Å². The molecule has 0 aromatic heterocycles.